The second-order valence-electron chi connectivity index (χ2n) is 4.08. The van der Waals surface area contributed by atoms with Crippen molar-refractivity contribution in [3.05, 3.63) is 42.0 Å². The highest BCUT2D eigenvalue weighted by Crippen LogP contribution is 2.20. The highest BCUT2D eigenvalue weighted by atomic mass is 16.4. The Bertz CT molecular complexity index is 762. The number of nitrogens with one attached hydrogen (secondary N) is 1. The number of H-pyrrole nitrogens is 1. The summed E-state index contributed by atoms with van der Waals surface area (Å²) in [6, 6.07) is 9.96. The number of aromatic nitrogens is 3. The molecule has 3 aromatic rings. The zero-order valence-electron chi connectivity index (χ0n) is 9.79. The smallest absolute Gasteiger partial charge is 0.335 e. The van der Waals surface area contributed by atoms with Crippen LogP contribution in [0.1, 0.15) is 10.4 Å². The van der Waals surface area contributed by atoms with E-state index in [4.69, 9.17) is 10.8 Å². The van der Waals surface area contributed by atoms with Crippen molar-refractivity contribution in [3.8, 4) is 11.4 Å². The van der Waals surface area contributed by atoms with Gasteiger partial charge < -0.3 is 15.8 Å². The van der Waals surface area contributed by atoms with E-state index in [2.05, 4.69) is 15.0 Å². The maximum absolute atomic E-state index is 10.8. The van der Waals surface area contributed by atoms with Crippen molar-refractivity contribution < 1.29 is 9.90 Å². The third kappa shape index (κ3) is 1.99. The quantitative estimate of drug-likeness (QED) is 0.647. The number of rotatable bonds is 2. The zero-order valence-corrected chi connectivity index (χ0v) is 9.79. The SMILES string of the molecule is Nc1ccc2[nH]c(-c3ccc(C(=O)O)cc3)nc2n1. The Morgan fingerprint density at radius 1 is 1.11 bits per heavy atom. The Labute approximate surface area is 107 Å². The number of imidazole rings is 1. The lowest BCUT2D eigenvalue weighted by atomic mass is 10.1. The number of fused-ring (bicyclic) bond motifs is 1. The van der Waals surface area contributed by atoms with E-state index in [-0.39, 0.29) is 5.56 Å². The van der Waals surface area contributed by atoms with Crippen LogP contribution in [0.25, 0.3) is 22.6 Å². The molecule has 94 valence electrons. The fourth-order valence-electron chi connectivity index (χ4n) is 1.81. The zero-order chi connectivity index (χ0) is 13.4. The molecule has 2 aromatic heterocycles. The van der Waals surface area contributed by atoms with Crippen molar-refractivity contribution in [2.24, 2.45) is 0 Å². The summed E-state index contributed by atoms with van der Waals surface area (Å²) in [5.41, 5.74) is 7.95. The largest absolute Gasteiger partial charge is 0.478 e. The molecule has 0 unspecified atom stereocenters. The van der Waals surface area contributed by atoms with Crippen molar-refractivity contribution in [1.29, 1.82) is 0 Å². The Hall–Kier alpha value is -2.89. The van der Waals surface area contributed by atoms with Gasteiger partial charge in [-0.3, -0.25) is 0 Å². The molecule has 4 N–H and O–H groups in total. The van der Waals surface area contributed by atoms with Crippen LogP contribution < -0.4 is 5.73 Å². The molecular formula is C13H10N4O2. The van der Waals surface area contributed by atoms with Crippen LogP contribution >= 0.6 is 0 Å². The minimum atomic E-state index is -0.953. The topological polar surface area (TPSA) is 105 Å². The number of aromatic amines is 1. The third-order valence-electron chi connectivity index (χ3n) is 2.77. The van der Waals surface area contributed by atoms with Crippen molar-refractivity contribution in [2.45, 2.75) is 0 Å². The minimum absolute atomic E-state index is 0.238. The molecule has 6 heteroatoms. The number of nitrogen functional groups attached to an aromatic ring is 1. The molecule has 0 amide bonds. The first kappa shape index (κ1) is 11.2. The molecule has 0 radical (unpaired) electrons. The first-order chi connectivity index (χ1) is 9.13. The first-order valence-electron chi connectivity index (χ1n) is 5.59. The third-order valence-corrected chi connectivity index (χ3v) is 2.77. The van der Waals surface area contributed by atoms with Crippen LogP contribution in [0.2, 0.25) is 0 Å². The lowest BCUT2D eigenvalue weighted by Gasteiger charge is -1.97. The number of hydrogen-bond acceptors (Lipinski definition) is 4. The number of aromatic carboxylic acids is 1. The lowest BCUT2D eigenvalue weighted by molar-refractivity contribution is 0.0697. The van der Waals surface area contributed by atoms with E-state index in [0.717, 1.165) is 11.1 Å². The van der Waals surface area contributed by atoms with Crippen molar-refractivity contribution >= 4 is 23.0 Å². The molecule has 0 aliphatic carbocycles. The maximum atomic E-state index is 10.8. The van der Waals surface area contributed by atoms with E-state index in [1.54, 1.807) is 24.3 Å². The fourth-order valence-corrected chi connectivity index (χ4v) is 1.81. The van der Waals surface area contributed by atoms with E-state index in [9.17, 15) is 4.79 Å². The van der Waals surface area contributed by atoms with Gasteiger partial charge in [-0.1, -0.05) is 12.1 Å². The number of nitrogens with zero attached hydrogens (tertiary/aromatic N) is 2. The van der Waals surface area contributed by atoms with Gasteiger partial charge in [0.05, 0.1) is 11.1 Å². The van der Waals surface area contributed by atoms with Gasteiger partial charge in [-0.05, 0) is 24.3 Å². The molecule has 0 fully saturated rings. The normalized spacial score (nSPS) is 10.7. The van der Waals surface area contributed by atoms with Crippen LogP contribution in [0.15, 0.2) is 36.4 Å². The van der Waals surface area contributed by atoms with Gasteiger partial charge in [-0.25, -0.2) is 14.8 Å². The van der Waals surface area contributed by atoms with E-state index >= 15 is 0 Å². The second-order valence-corrected chi connectivity index (χ2v) is 4.08. The molecule has 0 aliphatic heterocycles. The summed E-state index contributed by atoms with van der Waals surface area (Å²) in [4.78, 5) is 22.3. The predicted octanol–water partition coefficient (Wildman–Crippen LogP) is 1.91. The molecule has 0 atom stereocenters. The predicted molar refractivity (Wildman–Crippen MR) is 70.7 cm³/mol. The van der Waals surface area contributed by atoms with Crippen LogP contribution in [0, 0.1) is 0 Å². The van der Waals surface area contributed by atoms with Crippen LogP contribution in [0.3, 0.4) is 0 Å². The summed E-state index contributed by atoms with van der Waals surface area (Å²) in [5, 5.41) is 8.84. The van der Waals surface area contributed by atoms with Gasteiger partial charge in [0.25, 0.3) is 0 Å². The van der Waals surface area contributed by atoms with Crippen molar-refractivity contribution in [1.82, 2.24) is 15.0 Å². The molecule has 19 heavy (non-hydrogen) atoms. The number of carbonyl (C=O) groups is 1. The summed E-state index contributed by atoms with van der Waals surface area (Å²) in [7, 11) is 0. The molecule has 3 rings (SSSR count). The van der Waals surface area contributed by atoms with Gasteiger partial charge in [-0.2, -0.15) is 0 Å². The Morgan fingerprint density at radius 2 is 1.84 bits per heavy atom. The number of nitrogens with two attached hydrogens (primary N) is 1. The van der Waals surface area contributed by atoms with Crippen molar-refractivity contribution in [3.63, 3.8) is 0 Å². The summed E-state index contributed by atoms with van der Waals surface area (Å²) in [6.07, 6.45) is 0. The molecule has 6 nitrogen and oxygen atoms in total. The average molecular weight is 254 g/mol. The van der Waals surface area contributed by atoms with Crippen molar-refractivity contribution in [2.75, 3.05) is 5.73 Å². The number of hydrogen-bond donors (Lipinski definition) is 3. The molecule has 0 bridgehead atoms. The van der Waals surface area contributed by atoms with Gasteiger partial charge in [-0.15, -0.1) is 0 Å². The van der Waals surface area contributed by atoms with E-state index in [0.29, 0.717) is 17.3 Å². The average Bonchev–Trinajstić information content (AvgIpc) is 2.81. The van der Waals surface area contributed by atoms with Gasteiger partial charge in [0, 0.05) is 5.56 Å². The van der Waals surface area contributed by atoms with E-state index in [1.807, 2.05) is 0 Å². The summed E-state index contributed by atoms with van der Waals surface area (Å²) in [5.74, 6) is 0.0856. The second kappa shape index (κ2) is 4.09. The Balaban J connectivity index is 2.06. The summed E-state index contributed by atoms with van der Waals surface area (Å²) in [6.45, 7) is 0. The van der Waals surface area contributed by atoms with Crippen LogP contribution in [0.4, 0.5) is 5.82 Å². The highest BCUT2D eigenvalue weighted by molar-refractivity contribution is 5.88. The maximum Gasteiger partial charge on any atom is 0.335 e. The van der Waals surface area contributed by atoms with Gasteiger partial charge in [0.15, 0.2) is 5.65 Å². The number of anilines is 1. The molecular weight excluding hydrogens is 244 g/mol. The van der Waals surface area contributed by atoms with E-state index < -0.39 is 5.97 Å². The summed E-state index contributed by atoms with van der Waals surface area (Å²) < 4.78 is 0. The summed E-state index contributed by atoms with van der Waals surface area (Å²) >= 11 is 0. The Kier molecular flexibility index (Phi) is 2.42. The van der Waals surface area contributed by atoms with Gasteiger partial charge >= 0.3 is 5.97 Å². The Morgan fingerprint density at radius 3 is 2.53 bits per heavy atom. The highest BCUT2D eigenvalue weighted by Gasteiger charge is 2.08. The first-order valence-corrected chi connectivity index (χ1v) is 5.59. The van der Waals surface area contributed by atoms with Crippen LogP contribution in [-0.2, 0) is 0 Å². The van der Waals surface area contributed by atoms with Crippen LogP contribution in [-0.4, -0.2) is 26.0 Å². The lowest BCUT2D eigenvalue weighted by Crippen LogP contribution is -1.95. The van der Waals surface area contributed by atoms with Gasteiger partial charge in [0.1, 0.15) is 11.6 Å². The molecule has 0 spiro atoms. The number of carboxylic acid groups (broad SMARTS) is 1. The minimum Gasteiger partial charge on any atom is -0.478 e. The van der Waals surface area contributed by atoms with Gasteiger partial charge in [0.2, 0.25) is 0 Å². The van der Waals surface area contributed by atoms with E-state index in [1.165, 1.54) is 12.1 Å². The molecule has 0 saturated heterocycles. The molecule has 0 aliphatic rings. The fraction of sp³-hybridized carbons (Fsp3) is 0. The molecule has 1 aromatic carbocycles. The molecule has 0 saturated carbocycles. The standard InChI is InChI=1S/C13H10N4O2/c14-10-6-5-9-12(16-10)17-11(15-9)7-1-3-8(4-2-7)13(18)19/h1-6H,(H,18,19)(H3,14,15,16,17). The number of pyridine rings is 1. The number of benzene rings is 1. The monoisotopic (exact) mass is 254 g/mol. The number of carboxylic acids is 1. The van der Waals surface area contributed by atoms with Crippen LogP contribution in [0.5, 0.6) is 0 Å². The molecule has 2 heterocycles.